The van der Waals surface area contributed by atoms with Crippen molar-refractivity contribution in [1.82, 2.24) is 0 Å². The quantitative estimate of drug-likeness (QED) is 0.861. The number of carbonyl (C=O) groups excluding carboxylic acids is 1. The lowest BCUT2D eigenvalue weighted by atomic mass is 9.81. The second kappa shape index (κ2) is 4.56. The fourth-order valence-corrected chi connectivity index (χ4v) is 4.11. The van der Waals surface area contributed by atoms with Crippen LogP contribution in [0.4, 0.5) is 0 Å². The Hall–Kier alpha value is -1.88. The van der Waals surface area contributed by atoms with Crippen LogP contribution < -0.4 is 0 Å². The summed E-state index contributed by atoms with van der Waals surface area (Å²) >= 11 is 0. The molecule has 3 aliphatic rings. The summed E-state index contributed by atoms with van der Waals surface area (Å²) in [5, 5.41) is 9.14. The molecule has 1 aliphatic heterocycles. The molecule has 5 nitrogen and oxygen atoms in total. The number of carbonyl (C=O) groups is 2. The maximum Gasteiger partial charge on any atom is 0.339 e. The Bertz CT molecular complexity index is 608. The van der Waals surface area contributed by atoms with E-state index < -0.39 is 11.9 Å². The van der Waals surface area contributed by atoms with Crippen molar-refractivity contribution in [3.05, 3.63) is 35.4 Å². The molecule has 4 rings (SSSR count). The van der Waals surface area contributed by atoms with Gasteiger partial charge in [-0.3, -0.25) is 0 Å². The van der Waals surface area contributed by atoms with Gasteiger partial charge in [0, 0.05) is 11.8 Å². The molecule has 5 atom stereocenters. The summed E-state index contributed by atoms with van der Waals surface area (Å²) in [5.74, 6) is -0.119. The fourth-order valence-electron chi connectivity index (χ4n) is 4.11. The maximum atomic E-state index is 12.3. The third-order valence-electron chi connectivity index (χ3n) is 5.15. The van der Waals surface area contributed by atoms with E-state index in [4.69, 9.17) is 14.6 Å². The highest BCUT2D eigenvalue weighted by Crippen LogP contribution is 2.55. The monoisotopic (exact) mass is 288 g/mol. The lowest BCUT2D eigenvalue weighted by Gasteiger charge is -2.42. The summed E-state index contributed by atoms with van der Waals surface area (Å²) in [7, 11) is 0. The molecule has 2 aliphatic carbocycles. The van der Waals surface area contributed by atoms with Crippen molar-refractivity contribution in [3.63, 3.8) is 0 Å². The average Bonchev–Trinajstić information content (AvgIpc) is 2.90. The van der Waals surface area contributed by atoms with Crippen molar-refractivity contribution in [2.75, 3.05) is 6.61 Å². The molecule has 0 aromatic heterocycles. The first-order chi connectivity index (χ1) is 10.1. The van der Waals surface area contributed by atoms with Crippen molar-refractivity contribution in [1.29, 1.82) is 0 Å². The minimum atomic E-state index is -1.11. The molecule has 5 heteroatoms. The zero-order valence-corrected chi connectivity index (χ0v) is 11.4. The van der Waals surface area contributed by atoms with Crippen LogP contribution in [0.3, 0.4) is 0 Å². The third-order valence-corrected chi connectivity index (χ3v) is 5.15. The van der Waals surface area contributed by atoms with E-state index in [1.807, 2.05) is 0 Å². The highest BCUT2D eigenvalue weighted by Gasteiger charge is 2.59. The molecule has 1 aromatic rings. The van der Waals surface area contributed by atoms with Gasteiger partial charge in [-0.05, 0) is 30.9 Å². The van der Waals surface area contributed by atoms with E-state index in [0.717, 1.165) is 19.4 Å². The van der Waals surface area contributed by atoms with Gasteiger partial charge in [0.2, 0.25) is 0 Å². The number of fused-ring (bicyclic) bond motifs is 5. The predicted molar refractivity (Wildman–Crippen MR) is 72.0 cm³/mol. The van der Waals surface area contributed by atoms with Crippen LogP contribution in [0.15, 0.2) is 24.3 Å². The molecule has 0 amide bonds. The van der Waals surface area contributed by atoms with Gasteiger partial charge in [0.25, 0.3) is 0 Å². The highest BCUT2D eigenvalue weighted by molar-refractivity contribution is 6.02. The van der Waals surface area contributed by atoms with Gasteiger partial charge in [0.15, 0.2) is 0 Å². The molecule has 3 fully saturated rings. The first-order valence-electron chi connectivity index (χ1n) is 7.30. The van der Waals surface area contributed by atoms with E-state index in [9.17, 15) is 9.59 Å². The molecule has 110 valence electrons. The zero-order valence-electron chi connectivity index (χ0n) is 11.4. The number of benzene rings is 1. The van der Waals surface area contributed by atoms with Crippen LogP contribution in [-0.2, 0) is 9.47 Å². The van der Waals surface area contributed by atoms with Gasteiger partial charge in [0.1, 0.15) is 6.10 Å². The van der Waals surface area contributed by atoms with E-state index in [2.05, 4.69) is 0 Å². The zero-order chi connectivity index (χ0) is 14.6. The highest BCUT2D eigenvalue weighted by atomic mass is 16.6. The minimum absolute atomic E-state index is 0.0107. The Balaban J connectivity index is 1.51. The van der Waals surface area contributed by atoms with Gasteiger partial charge < -0.3 is 14.6 Å². The number of ether oxygens (including phenoxy) is 2. The van der Waals surface area contributed by atoms with Crippen molar-refractivity contribution in [2.45, 2.75) is 25.0 Å². The van der Waals surface area contributed by atoms with Gasteiger partial charge in [-0.15, -0.1) is 0 Å². The Morgan fingerprint density at radius 2 is 1.90 bits per heavy atom. The van der Waals surface area contributed by atoms with Crippen LogP contribution in [0.1, 0.15) is 33.6 Å². The fraction of sp³-hybridized carbons (Fsp3) is 0.500. The van der Waals surface area contributed by atoms with Crippen LogP contribution in [0.5, 0.6) is 0 Å². The molecular weight excluding hydrogens is 272 g/mol. The number of hydrogen-bond acceptors (Lipinski definition) is 4. The molecule has 2 bridgehead atoms. The topological polar surface area (TPSA) is 72.8 Å². The number of carboxylic acids is 1. The number of esters is 1. The van der Waals surface area contributed by atoms with Gasteiger partial charge in [0.05, 0.1) is 23.8 Å². The summed E-state index contributed by atoms with van der Waals surface area (Å²) < 4.78 is 11.2. The molecule has 1 N–H and O–H groups in total. The van der Waals surface area contributed by atoms with E-state index in [0.29, 0.717) is 11.8 Å². The maximum absolute atomic E-state index is 12.3. The Kier molecular flexibility index (Phi) is 2.79. The first-order valence-corrected chi connectivity index (χ1v) is 7.30. The summed E-state index contributed by atoms with van der Waals surface area (Å²) in [4.78, 5) is 23.4. The molecule has 1 aromatic carbocycles. The number of carboxylic acid groups (broad SMARTS) is 1. The molecule has 2 saturated carbocycles. The standard InChI is InChI=1S/C16H16O5/c17-15(18)9-3-1-2-4-10(9)16(19)21-13-6-8-5-11(13)14-12(8)7-20-14/h1-4,8,11-14H,5-7H2,(H,17,18). The molecule has 21 heavy (non-hydrogen) atoms. The van der Waals surface area contributed by atoms with Crippen LogP contribution >= 0.6 is 0 Å². The van der Waals surface area contributed by atoms with E-state index >= 15 is 0 Å². The molecule has 0 radical (unpaired) electrons. The number of hydrogen-bond donors (Lipinski definition) is 1. The van der Waals surface area contributed by atoms with Crippen molar-refractivity contribution < 1.29 is 24.2 Å². The van der Waals surface area contributed by atoms with Crippen molar-refractivity contribution in [2.24, 2.45) is 17.8 Å². The third kappa shape index (κ3) is 1.87. The lowest BCUT2D eigenvalue weighted by molar-refractivity contribution is -0.163. The first kappa shape index (κ1) is 12.8. The van der Waals surface area contributed by atoms with E-state index in [-0.39, 0.29) is 29.3 Å². The number of aromatic carboxylic acids is 1. The molecular formula is C16H16O5. The van der Waals surface area contributed by atoms with E-state index in [1.54, 1.807) is 12.1 Å². The summed E-state index contributed by atoms with van der Waals surface area (Å²) in [6.07, 6.45) is 2.06. The Labute approximate surface area is 121 Å². The molecule has 1 heterocycles. The SMILES string of the molecule is O=C(O)c1ccccc1C(=O)OC1CC2CC1C1OCC21. The minimum Gasteiger partial charge on any atom is -0.478 e. The largest absolute Gasteiger partial charge is 0.478 e. The smallest absolute Gasteiger partial charge is 0.339 e. The van der Waals surface area contributed by atoms with Crippen LogP contribution in [0, 0.1) is 17.8 Å². The normalized spacial score (nSPS) is 35.9. The predicted octanol–water partition coefficient (Wildman–Crippen LogP) is 1.97. The van der Waals surface area contributed by atoms with Gasteiger partial charge in [-0.25, -0.2) is 9.59 Å². The van der Waals surface area contributed by atoms with Crippen LogP contribution in [0.2, 0.25) is 0 Å². The average molecular weight is 288 g/mol. The van der Waals surface area contributed by atoms with Crippen molar-refractivity contribution >= 4 is 11.9 Å². The molecule has 0 spiro atoms. The second-order valence-corrected chi connectivity index (χ2v) is 6.15. The van der Waals surface area contributed by atoms with E-state index in [1.165, 1.54) is 12.1 Å². The number of rotatable bonds is 3. The van der Waals surface area contributed by atoms with Crippen LogP contribution in [-0.4, -0.2) is 35.9 Å². The van der Waals surface area contributed by atoms with Crippen molar-refractivity contribution in [3.8, 4) is 0 Å². The second-order valence-electron chi connectivity index (χ2n) is 6.15. The van der Waals surface area contributed by atoms with Gasteiger partial charge >= 0.3 is 11.9 Å². The molecule has 1 saturated heterocycles. The summed E-state index contributed by atoms with van der Waals surface area (Å²) in [6.45, 7) is 0.842. The molecule has 5 unspecified atom stereocenters. The lowest BCUT2D eigenvalue weighted by Crippen LogP contribution is -2.49. The summed E-state index contributed by atoms with van der Waals surface area (Å²) in [5.41, 5.74) is 0.113. The summed E-state index contributed by atoms with van der Waals surface area (Å²) in [6, 6.07) is 6.17. The Morgan fingerprint density at radius 1 is 1.14 bits per heavy atom. The Morgan fingerprint density at radius 3 is 2.52 bits per heavy atom. The van der Waals surface area contributed by atoms with Gasteiger partial charge in [-0.2, -0.15) is 0 Å². The van der Waals surface area contributed by atoms with Crippen LogP contribution in [0.25, 0.3) is 0 Å². The van der Waals surface area contributed by atoms with Gasteiger partial charge in [-0.1, -0.05) is 12.1 Å².